The highest BCUT2D eigenvalue weighted by Crippen LogP contribution is 2.40. The summed E-state index contributed by atoms with van der Waals surface area (Å²) in [6.07, 6.45) is 1.25. The Kier molecular flexibility index (Phi) is 10.1. The predicted octanol–water partition coefficient (Wildman–Crippen LogP) is 3.35. The maximum absolute atomic E-state index is 11.3. The molecule has 0 aromatic heterocycles. The maximum atomic E-state index is 11.3. The molecule has 0 fully saturated rings. The molecule has 8 heteroatoms. The van der Waals surface area contributed by atoms with Crippen LogP contribution in [0.4, 0.5) is 0 Å². The highest BCUT2D eigenvalue weighted by Gasteiger charge is 2.23. The van der Waals surface area contributed by atoms with Gasteiger partial charge >= 0.3 is 0 Å². The Morgan fingerprint density at radius 2 is 0.947 bits per heavy atom. The third-order valence-electron chi connectivity index (χ3n) is 7.23. The summed E-state index contributed by atoms with van der Waals surface area (Å²) in [5.74, 6) is -0.582. The first-order valence-electron chi connectivity index (χ1n) is 12.8. The van der Waals surface area contributed by atoms with Crippen LogP contribution in [-0.4, -0.2) is 40.9 Å². The van der Waals surface area contributed by atoms with Gasteiger partial charge in [0.25, 0.3) is 0 Å². The molecule has 0 amide bonds. The number of rotatable bonds is 12. The van der Waals surface area contributed by atoms with Crippen LogP contribution in [0.2, 0.25) is 0 Å². The van der Waals surface area contributed by atoms with E-state index in [0.717, 1.165) is 0 Å². The Balaban J connectivity index is 2.01. The zero-order chi connectivity index (χ0) is 28.0. The summed E-state index contributed by atoms with van der Waals surface area (Å²) < 4.78 is 0. The zero-order valence-corrected chi connectivity index (χ0v) is 21.9. The Morgan fingerprint density at radius 3 is 1.45 bits per heavy atom. The van der Waals surface area contributed by atoms with E-state index in [2.05, 4.69) is 0 Å². The number of phenols is 3. The average Bonchev–Trinajstić information content (AvgIpc) is 2.93. The van der Waals surface area contributed by atoms with E-state index in [4.69, 9.17) is 0 Å². The molecular formula is C30H38O8. The lowest BCUT2D eigenvalue weighted by Gasteiger charge is -2.23. The number of hydrogen-bond donors (Lipinski definition) is 8. The first kappa shape index (κ1) is 29.4. The molecule has 0 bridgehead atoms. The molecular weight excluding hydrogens is 488 g/mol. The van der Waals surface area contributed by atoms with Gasteiger partial charge in [0.05, 0.1) is 33.0 Å². The van der Waals surface area contributed by atoms with Crippen molar-refractivity contribution in [3.63, 3.8) is 0 Å². The highest BCUT2D eigenvalue weighted by atomic mass is 16.3. The van der Waals surface area contributed by atoms with E-state index in [1.807, 2.05) is 13.8 Å². The van der Waals surface area contributed by atoms with Crippen LogP contribution >= 0.6 is 0 Å². The molecule has 206 valence electrons. The molecule has 3 aromatic carbocycles. The number of hydrogen-bond acceptors (Lipinski definition) is 8. The van der Waals surface area contributed by atoms with Crippen LogP contribution in [-0.2, 0) is 45.9 Å². The van der Waals surface area contributed by atoms with E-state index < -0.39 is 0 Å². The molecule has 0 saturated heterocycles. The quantitative estimate of drug-likeness (QED) is 0.178. The molecule has 3 rings (SSSR count). The van der Waals surface area contributed by atoms with Crippen LogP contribution in [0.25, 0.3) is 0 Å². The first-order valence-corrected chi connectivity index (χ1v) is 12.8. The minimum atomic E-state index is -0.378. The second-order valence-corrected chi connectivity index (χ2v) is 9.85. The molecule has 0 heterocycles. The van der Waals surface area contributed by atoms with Gasteiger partial charge in [0.15, 0.2) is 0 Å². The summed E-state index contributed by atoms with van der Waals surface area (Å²) in [6.45, 7) is 2.33. The lowest BCUT2D eigenvalue weighted by atomic mass is 9.83. The van der Waals surface area contributed by atoms with E-state index in [1.165, 1.54) is 0 Å². The van der Waals surface area contributed by atoms with Gasteiger partial charge in [-0.2, -0.15) is 0 Å². The number of phenolic OH excluding ortho intramolecular Hbond substituents is 1. The third-order valence-corrected chi connectivity index (χ3v) is 7.23. The van der Waals surface area contributed by atoms with Crippen molar-refractivity contribution in [3.8, 4) is 17.2 Å². The topological polar surface area (TPSA) is 162 Å². The number of benzene rings is 3. The van der Waals surface area contributed by atoms with Crippen LogP contribution in [0.1, 0.15) is 82.2 Å². The minimum Gasteiger partial charge on any atom is -0.507 e. The summed E-state index contributed by atoms with van der Waals surface area (Å²) in [4.78, 5) is 0. The van der Waals surface area contributed by atoms with Crippen molar-refractivity contribution in [1.29, 1.82) is 0 Å². The Hall–Kier alpha value is -3.14. The lowest BCUT2D eigenvalue weighted by molar-refractivity contribution is 0.269. The standard InChI is InChI=1S/C30H38O8/c1-3-21(27-10-20(14-33)8-25(16-35)30(27)38)11-23-6-19(13-32)9-26(29(23)37)17(2)4-22-5-18(12-31)7-24(15-34)28(22)36/h5-10,17,21,31-38H,3-4,11-16H2,1-2H3. The van der Waals surface area contributed by atoms with E-state index in [9.17, 15) is 40.9 Å². The third kappa shape index (κ3) is 6.28. The van der Waals surface area contributed by atoms with Crippen LogP contribution in [0.5, 0.6) is 17.2 Å². The van der Waals surface area contributed by atoms with Gasteiger partial charge in [0.1, 0.15) is 17.2 Å². The molecule has 0 saturated carbocycles. The molecule has 3 aromatic rings. The summed E-state index contributed by atoms with van der Waals surface area (Å²) >= 11 is 0. The average molecular weight is 527 g/mol. The fourth-order valence-corrected chi connectivity index (χ4v) is 5.10. The number of aliphatic hydroxyl groups is 5. The van der Waals surface area contributed by atoms with Gasteiger partial charge in [0.2, 0.25) is 0 Å². The molecule has 2 unspecified atom stereocenters. The van der Waals surface area contributed by atoms with E-state index in [1.54, 1.807) is 36.4 Å². The highest BCUT2D eigenvalue weighted by molar-refractivity contribution is 5.50. The Bertz CT molecular complexity index is 1250. The second kappa shape index (κ2) is 13.1. The van der Waals surface area contributed by atoms with Crippen molar-refractivity contribution in [3.05, 3.63) is 86.5 Å². The summed E-state index contributed by atoms with van der Waals surface area (Å²) in [6, 6.07) is 9.91. The molecule has 8 N–H and O–H groups in total. The monoisotopic (exact) mass is 526 g/mol. The van der Waals surface area contributed by atoms with Crippen LogP contribution in [0, 0.1) is 0 Å². The van der Waals surface area contributed by atoms with Crippen molar-refractivity contribution in [2.45, 2.75) is 78.0 Å². The number of aromatic hydroxyl groups is 3. The molecule has 0 radical (unpaired) electrons. The van der Waals surface area contributed by atoms with Crippen molar-refractivity contribution >= 4 is 0 Å². The van der Waals surface area contributed by atoms with Gasteiger partial charge in [-0.15, -0.1) is 0 Å². The van der Waals surface area contributed by atoms with Gasteiger partial charge < -0.3 is 40.9 Å². The summed E-state index contributed by atoms with van der Waals surface area (Å²) in [5, 5.41) is 81.2. The van der Waals surface area contributed by atoms with Crippen molar-refractivity contribution < 1.29 is 40.9 Å². The van der Waals surface area contributed by atoms with E-state index in [-0.39, 0.29) is 62.1 Å². The van der Waals surface area contributed by atoms with E-state index >= 15 is 0 Å². The van der Waals surface area contributed by atoms with Gasteiger partial charge in [-0.1, -0.05) is 13.8 Å². The minimum absolute atomic E-state index is 0.0399. The molecule has 0 aliphatic heterocycles. The van der Waals surface area contributed by atoms with E-state index in [0.29, 0.717) is 69.3 Å². The zero-order valence-electron chi connectivity index (χ0n) is 21.9. The summed E-state index contributed by atoms with van der Waals surface area (Å²) in [7, 11) is 0. The Morgan fingerprint density at radius 1 is 0.526 bits per heavy atom. The van der Waals surface area contributed by atoms with Crippen molar-refractivity contribution in [2.75, 3.05) is 0 Å². The van der Waals surface area contributed by atoms with Gasteiger partial charge in [-0.05, 0) is 106 Å². The fourth-order valence-electron chi connectivity index (χ4n) is 5.10. The normalized spacial score (nSPS) is 13.0. The smallest absolute Gasteiger partial charge is 0.124 e. The molecule has 0 spiro atoms. The predicted molar refractivity (Wildman–Crippen MR) is 143 cm³/mol. The molecule has 2 atom stereocenters. The van der Waals surface area contributed by atoms with Crippen LogP contribution < -0.4 is 0 Å². The molecule has 8 nitrogen and oxygen atoms in total. The SMILES string of the molecule is CCC(Cc1cc(CO)cc(C(C)Cc2cc(CO)cc(CO)c2O)c1O)c1cc(CO)cc(CO)c1O. The summed E-state index contributed by atoms with van der Waals surface area (Å²) in [5.41, 5.74) is 4.59. The van der Waals surface area contributed by atoms with Gasteiger partial charge in [0, 0.05) is 11.1 Å². The van der Waals surface area contributed by atoms with Crippen LogP contribution in [0.15, 0.2) is 36.4 Å². The second-order valence-electron chi connectivity index (χ2n) is 9.85. The van der Waals surface area contributed by atoms with Crippen molar-refractivity contribution in [2.24, 2.45) is 0 Å². The lowest BCUT2D eigenvalue weighted by Crippen LogP contribution is -2.08. The first-order chi connectivity index (χ1) is 18.2. The largest absolute Gasteiger partial charge is 0.507 e. The van der Waals surface area contributed by atoms with Gasteiger partial charge in [-0.25, -0.2) is 0 Å². The van der Waals surface area contributed by atoms with Crippen molar-refractivity contribution in [1.82, 2.24) is 0 Å². The molecule has 0 aliphatic rings. The number of aliphatic hydroxyl groups excluding tert-OH is 5. The molecule has 0 aliphatic carbocycles. The molecule has 38 heavy (non-hydrogen) atoms. The Labute approximate surface area is 222 Å². The maximum Gasteiger partial charge on any atom is 0.124 e. The van der Waals surface area contributed by atoms with Gasteiger partial charge in [-0.3, -0.25) is 0 Å². The van der Waals surface area contributed by atoms with Crippen LogP contribution in [0.3, 0.4) is 0 Å². The fraction of sp³-hybridized carbons (Fsp3) is 0.400.